The van der Waals surface area contributed by atoms with Crippen molar-refractivity contribution in [2.24, 2.45) is 7.05 Å². The van der Waals surface area contributed by atoms with Gasteiger partial charge >= 0.3 is 0 Å². The van der Waals surface area contributed by atoms with E-state index in [0.717, 1.165) is 48.9 Å². The summed E-state index contributed by atoms with van der Waals surface area (Å²) < 4.78 is 4.12. The van der Waals surface area contributed by atoms with E-state index in [0.29, 0.717) is 0 Å². The highest BCUT2D eigenvalue weighted by atomic mass is 15.3. The molecule has 1 unspecified atom stereocenters. The van der Waals surface area contributed by atoms with Gasteiger partial charge in [-0.2, -0.15) is 5.10 Å². The third-order valence-electron chi connectivity index (χ3n) is 5.74. The Morgan fingerprint density at radius 1 is 1.03 bits per heavy atom. The summed E-state index contributed by atoms with van der Waals surface area (Å²) in [4.78, 5) is 7.14. The first kappa shape index (κ1) is 18.8. The average Bonchev–Trinajstić information content (AvgIpc) is 3.42. The fourth-order valence-corrected chi connectivity index (χ4v) is 4.18. The predicted octanol–water partition coefficient (Wildman–Crippen LogP) is 3.42. The van der Waals surface area contributed by atoms with E-state index >= 15 is 0 Å². The number of nitrogens with zero attached hydrogens (tertiary/aromatic N) is 5. The summed E-state index contributed by atoms with van der Waals surface area (Å²) in [6, 6.07) is 21.0. The summed E-state index contributed by atoms with van der Waals surface area (Å²) in [5.41, 5.74) is 4.48. The van der Waals surface area contributed by atoms with Crippen LogP contribution in [0.2, 0.25) is 0 Å². The summed E-state index contributed by atoms with van der Waals surface area (Å²) in [5, 5.41) is 8.50. The Balaban J connectivity index is 1.52. The number of hydrogen-bond donors (Lipinski definition) is 1. The summed E-state index contributed by atoms with van der Waals surface area (Å²) in [6.07, 6.45) is 6.07. The topological polar surface area (TPSA) is 50.9 Å². The second-order valence-electron chi connectivity index (χ2n) is 7.74. The Hall–Kier alpha value is -3.22. The highest BCUT2D eigenvalue weighted by Crippen LogP contribution is 2.28. The molecule has 0 amide bonds. The molecule has 6 heteroatoms. The van der Waals surface area contributed by atoms with Gasteiger partial charge in [0.05, 0.1) is 17.4 Å². The number of rotatable bonds is 5. The molecule has 0 saturated carbocycles. The molecule has 0 radical (unpaired) electrons. The van der Waals surface area contributed by atoms with Gasteiger partial charge in [-0.3, -0.25) is 4.90 Å². The quantitative estimate of drug-likeness (QED) is 0.560. The Kier molecular flexibility index (Phi) is 5.17. The van der Waals surface area contributed by atoms with Crippen LogP contribution in [0.1, 0.15) is 17.4 Å². The SMILES string of the molecule is Cn1ccnc1C1CNCCN1Cc1cn(-c2ccccc2)nc1-c1ccccc1. The fraction of sp³-hybridized carbons (Fsp3) is 0.250. The minimum absolute atomic E-state index is 0.238. The van der Waals surface area contributed by atoms with Gasteiger partial charge in [0.15, 0.2) is 0 Å². The lowest BCUT2D eigenvalue weighted by atomic mass is 10.1. The Labute approximate surface area is 176 Å². The van der Waals surface area contributed by atoms with Crippen LogP contribution in [0.4, 0.5) is 0 Å². The van der Waals surface area contributed by atoms with E-state index in [9.17, 15) is 0 Å². The molecule has 2 aromatic carbocycles. The van der Waals surface area contributed by atoms with Crippen molar-refractivity contribution in [1.29, 1.82) is 0 Å². The van der Waals surface area contributed by atoms with Crippen molar-refractivity contribution in [2.75, 3.05) is 19.6 Å². The molecule has 4 aromatic rings. The van der Waals surface area contributed by atoms with Crippen molar-refractivity contribution in [2.45, 2.75) is 12.6 Å². The van der Waals surface area contributed by atoms with Crippen molar-refractivity contribution in [3.63, 3.8) is 0 Å². The number of nitrogens with one attached hydrogen (secondary N) is 1. The van der Waals surface area contributed by atoms with Gasteiger partial charge in [-0.1, -0.05) is 48.5 Å². The molecule has 1 atom stereocenters. The zero-order valence-electron chi connectivity index (χ0n) is 17.1. The van der Waals surface area contributed by atoms with Crippen LogP contribution in [0, 0.1) is 0 Å². The fourth-order valence-electron chi connectivity index (χ4n) is 4.18. The highest BCUT2D eigenvalue weighted by Gasteiger charge is 2.28. The number of imidazole rings is 1. The van der Waals surface area contributed by atoms with Gasteiger partial charge in [-0.25, -0.2) is 9.67 Å². The zero-order chi connectivity index (χ0) is 20.3. The standard InChI is InChI=1S/C24H26N6/c1-28-14-13-26-24(28)22-16-25-12-15-29(22)17-20-18-30(21-10-6-3-7-11-21)27-23(20)19-8-4-2-5-9-19/h2-11,13-14,18,22,25H,12,15-17H2,1H3. The number of hydrogen-bond acceptors (Lipinski definition) is 4. The van der Waals surface area contributed by atoms with Crippen molar-refractivity contribution in [3.8, 4) is 16.9 Å². The lowest BCUT2D eigenvalue weighted by Gasteiger charge is -2.35. The third-order valence-corrected chi connectivity index (χ3v) is 5.74. The van der Waals surface area contributed by atoms with Crippen LogP contribution in [0.3, 0.4) is 0 Å². The van der Waals surface area contributed by atoms with Crippen molar-refractivity contribution >= 4 is 0 Å². The van der Waals surface area contributed by atoms with Gasteiger partial charge in [0, 0.05) is 62.9 Å². The van der Waals surface area contributed by atoms with E-state index in [1.54, 1.807) is 0 Å². The van der Waals surface area contributed by atoms with Gasteiger partial charge in [-0.05, 0) is 12.1 Å². The summed E-state index contributed by atoms with van der Waals surface area (Å²) in [6.45, 7) is 3.69. The van der Waals surface area contributed by atoms with E-state index in [-0.39, 0.29) is 6.04 Å². The van der Waals surface area contributed by atoms with Crippen molar-refractivity contribution in [1.82, 2.24) is 29.5 Å². The van der Waals surface area contributed by atoms with Crippen LogP contribution in [0.25, 0.3) is 16.9 Å². The van der Waals surface area contributed by atoms with Crippen LogP contribution in [0.5, 0.6) is 0 Å². The van der Waals surface area contributed by atoms with Crippen LogP contribution < -0.4 is 5.32 Å². The smallest absolute Gasteiger partial charge is 0.127 e. The molecular weight excluding hydrogens is 372 g/mol. The number of benzene rings is 2. The number of aromatic nitrogens is 4. The molecule has 152 valence electrons. The maximum atomic E-state index is 4.98. The van der Waals surface area contributed by atoms with Crippen molar-refractivity contribution in [3.05, 3.63) is 90.6 Å². The molecule has 1 N–H and O–H groups in total. The van der Waals surface area contributed by atoms with E-state index in [4.69, 9.17) is 5.10 Å². The van der Waals surface area contributed by atoms with Crippen molar-refractivity contribution < 1.29 is 0 Å². The van der Waals surface area contributed by atoms with Gasteiger partial charge < -0.3 is 9.88 Å². The lowest BCUT2D eigenvalue weighted by Crippen LogP contribution is -2.46. The largest absolute Gasteiger partial charge is 0.337 e. The number of aryl methyl sites for hydroxylation is 1. The number of piperazine rings is 1. The molecule has 6 nitrogen and oxygen atoms in total. The molecule has 1 fully saturated rings. The van der Waals surface area contributed by atoms with E-state index in [2.05, 4.69) is 69.4 Å². The molecule has 0 aliphatic carbocycles. The summed E-state index contributed by atoms with van der Waals surface area (Å²) in [5.74, 6) is 1.10. The summed E-state index contributed by atoms with van der Waals surface area (Å²) >= 11 is 0. The highest BCUT2D eigenvalue weighted by molar-refractivity contribution is 5.63. The summed E-state index contributed by atoms with van der Waals surface area (Å²) in [7, 11) is 2.07. The van der Waals surface area contributed by atoms with Crippen LogP contribution in [0.15, 0.2) is 79.3 Å². The third kappa shape index (κ3) is 3.67. The molecule has 3 heterocycles. The molecule has 1 aliphatic rings. The van der Waals surface area contributed by atoms with E-state index < -0.39 is 0 Å². The zero-order valence-corrected chi connectivity index (χ0v) is 17.1. The maximum absolute atomic E-state index is 4.98. The second-order valence-corrected chi connectivity index (χ2v) is 7.74. The second kappa shape index (κ2) is 8.26. The predicted molar refractivity (Wildman–Crippen MR) is 118 cm³/mol. The average molecular weight is 399 g/mol. The molecular formula is C24H26N6. The van der Waals surface area contributed by atoms with E-state index in [1.165, 1.54) is 5.56 Å². The first-order chi connectivity index (χ1) is 14.8. The molecule has 1 aliphatic heterocycles. The van der Waals surface area contributed by atoms with Gasteiger partial charge in [-0.15, -0.1) is 0 Å². The first-order valence-electron chi connectivity index (χ1n) is 10.4. The minimum Gasteiger partial charge on any atom is -0.337 e. The Morgan fingerprint density at radius 2 is 1.80 bits per heavy atom. The van der Waals surface area contributed by atoms with Crippen LogP contribution in [-0.4, -0.2) is 43.9 Å². The number of para-hydroxylation sites is 1. The molecule has 30 heavy (non-hydrogen) atoms. The Morgan fingerprint density at radius 3 is 2.53 bits per heavy atom. The Bertz CT molecular complexity index is 1100. The van der Waals surface area contributed by atoms with Gasteiger partial charge in [0.2, 0.25) is 0 Å². The minimum atomic E-state index is 0.238. The normalized spacial score (nSPS) is 17.3. The van der Waals surface area contributed by atoms with Gasteiger partial charge in [0.1, 0.15) is 5.82 Å². The molecule has 0 spiro atoms. The monoisotopic (exact) mass is 398 g/mol. The lowest BCUT2D eigenvalue weighted by molar-refractivity contribution is 0.145. The van der Waals surface area contributed by atoms with E-state index in [1.807, 2.05) is 41.3 Å². The van der Waals surface area contributed by atoms with Crippen LogP contribution in [-0.2, 0) is 13.6 Å². The molecule has 1 saturated heterocycles. The van der Waals surface area contributed by atoms with Gasteiger partial charge in [0.25, 0.3) is 0 Å². The molecule has 5 rings (SSSR count). The maximum Gasteiger partial charge on any atom is 0.127 e. The molecule has 2 aromatic heterocycles. The van der Waals surface area contributed by atoms with Crippen LogP contribution >= 0.6 is 0 Å². The first-order valence-corrected chi connectivity index (χ1v) is 10.4. The molecule has 0 bridgehead atoms.